The highest BCUT2D eigenvalue weighted by Crippen LogP contribution is 2.24. The molecular formula is C16H23NO3. The van der Waals surface area contributed by atoms with Gasteiger partial charge in [-0.05, 0) is 39.7 Å². The highest BCUT2D eigenvalue weighted by atomic mass is 16.3. The summed E-state index contributed by atoms with van der Waals surface area (Å²) in [4.78, 5) is 26.1. The summed E-state index contributed by atoms with van der Waals surface area (Å²) in [7, 11) is 0. The second kappa shape index (κ2) is 6.25. The van der Waals surface area contributed by atoms with E-state index in [2.05, 4.69) is 0 Å². The number of ketones is 1. The van der Waals surface area contributed by atoms with E-state index in [1.54, 1.807) is 13.0 Å². The van der Waals surface area contributed by atoms with Crippen molar-refractivity contribution >= 4 is 11.7 Å². The standard InChI is InChI=1S/C16H23NO3/c1-11(18)9-14-7-5-4-6-8-17(14)16(19)15-10-12(2)20-13(15)3/h10,14H,4-9H2,1-3H3. The fourth-order valence-corrected chi connectivity index (χ4v) is 2.99. The quantitative estimate of drug-likeness (QED) is 0.852. The lowest BCUT2D eigenvalue weighted by atomic mass is 10.0. The Labute approximate surface area is 120 Å². The van der Waals surface area contributed by atoms with Crippen LogP contribution in [0.25, 0.3) is 0 Å². The molecule has 0 N–H and O–H groups in total. The Hall–Kier alpha value is -1.58. The Morgan fingerprint density at radius 1 is 1.30 bits per heavy atom. The van der Waals surface area contributed by atoms with Crippen LogP contribution in [0, 0.1) is 13.8 Å². The first-order valence-electron chi connectivity index (χ1n) is 7.36. The molecule has 110 valence electrons. The molecule has 1 aliphatic rings. The predicted molar refractivity (Wildman–Crippen MR) is 76.8 cm³/mol. The Kier molecular flexibility index (Phi) is 4.63. The van der Waals surface area contributed by atoms with E-state index < -0.39 is 0 Å². The van der Waals surface area contributed by atoms with Crippen molar-refractivity contribution < 1.29 is 14.0 Å². The lowest BCUT2D eigenvalue weighted by molar-refractivity contribution is -0.118. The third-order valence-corrected chi connectivity index (χ3v) is 3.93. The molecule has 0 radical (unpaired) electrons. The van der Waals surface area contributed by atoms with E-state index in [4.69, 9.17) is 4.42 Å². The normalized spacial score (nSPS) is 19.8. The molecule has 1 unspecified atom stereocenters. The lowest BCUT2D eigenvalue weighted by Crippen LogP contribution is -2.41. The molecule has 1 aromatic heterocycles. The minimum absolute atomic E-state index is 0.00694. The van der Waals surface area contributed by atoms with Gasteiger partial charge in [0.25, 0.3) is 5.91 Å². The Bertz CT molecular complexity index is 504. The molecule has 1 aromatic rings. The number of nitrogens with zero attached hydrogens (tertiary/aromatic N) is 1. The third kappa shape index (κ3) is 3.30. The molecule has 4 nitrogen and oxygen atoms in total. The van der Waals surface area contributed by atoms with Crippen molar-refractivity contribution in [2.45, 2.75) is 58.9 Å². The second-order valence-corrected chi connectivity index (χ2v) is 5.73. The number of furan rings is 1. The van der Waals surface area contributed by atoms with Gasteiger partial charge in [-0.25, -0.2) is 0 Å². The van der Waals surface area contributed by atoms with Crippen LogP contribution in [-0.4, -0.2) is 29.2 Å². The average Bonchev–Trinajstić information content (AvgIpc) is 2.58. The van der Waals surface area contributed by atoms with E-state index in [1.807, 2.05) is 18.7 Å². The highest BCUT2D eigenvalue weighted by molar-refractivity contribution is 5.95. The van der Waals surface area contributed by atoms with Gasteiger partial charge in [0.15, 0.2) is 0 Å². The number of hydrogen-bond acceptors (Lipinski definition) is 3. The molecule has 1 atom stereocenters. The summed E-state index contributed by atoms with van der Waals surface area (Å²) in [5.74, 6) is 1.57. The van der Waals surface area contributed by atoms with Crippen LogP contribution in [-0.2, 0) is 4.79 Å². The van der Waals surface area contributed by atoms with Gasteiger partial charge in [-0.2, -0.15) is 0 Å². The van der Waals surface area contributed by atoms with E-state index in [-0.39, 0.29) is 17.7 Å². The number of amides is 1. The number of carbonyl (C=O) groups excluding carboxylic acids is 2. The van der Waals surface area contributed by atoms with Crippen LogP contribution in [0.15, 0.2) is 10.5 Å². The van der Waals surface area contributed by atoms with Crippen molar-refractivity contribution in [2.24, 2.45) is 0 Å². The minimum atomic E-state index is 0.00694. The molecule has 1 fully saturated rings. The van der Waals surface area contributed by atoms with Crippen LogP contribution >= 0.6 is 0 Å². The van der Waals surface area contributed by atoms with Gasteiger partial charge < -0.3 is 9.32 Å². The summed E-state index contributed by atoms with van der Waals surface area (Å²) in [5, 5.41) is 0. The SMILES string of the molecule is CC(=O)CC1CCCCCN1C(=O)c1cc(C)oc1C. The largest absolute Gasteiger partial charge is 0.466 e. The molecule has 0 spiro atoms. The zero-order valence-electron chi connectivity index (χ0n) is 12.6. The zero-order chi connectivity index (χ0) is 14.7. The molecule has 1 aliphatic heterocycles. The van der Waals surface area contributed by atoms with E-state index >= 15 is 0 Å². The van der Waals surface area contributed by atoms with Gasteiger partial charge >= 0.3 is 0 Å². The minimum Gasteiger partial charge on any atom is -0.466 e. The maximum atomic E-state index is 12.7. The molecular weight excluding hydrogens is 254 g/mol. The highest BCUT2D eigenvalue weighted by Gasteiger charge is 2.29. The van der Waals surface area contributed by atoms with E-state index in [0.717, 1.165) is 38.0 Å². The fraction of sp³-hybridized carbons (Fsp3) is 0.625. The van der Waals surface area contributed by atoms with Crippen LogP contribution in [0.5, 0.6) is 0 Å². The van der Waals surface area contributed by atoms with Crippen LogP contribution in [0.1, 0.15) is 60.9 Å². The number of aryl methyl sites for hydroxylation is 2. The smallest absolute Gasteiger partial charge is 0.257 e. The van der Waals surface area contributed by atoms with Crippen molar-refractivity contribution in [3.8, 4) is 0 Å². The molecule has 1 saturated heterocycles. The second-order valence-electron chi connectivity index (χ2n) is 5.73. The summed E-state index contributed by atoms with van der Waals surface area (Å²) < 4.78 is 5.46. The van der Waals surface area contributed by atoms with Gasteiger partial charge in [-0.15, -0.1) is 0 Å². The van der Waals surface area contributed by atoms with Crippen molar-refractivity contribution in [3.05, 3.63) is 23.2 Å². The van der Waals surface area contributed by atoms with Gasteiger partial charge in [-0.1, -0.05) is 12.8 Å². The summed E-state index contributed by atoms with van der Waals surface area (Å²) in [6.45, 7) is 6.00. The molecule has 4 heteroatoms. The Morgan fingerprint density at radius 3 is 2.65 bits per heavy atom. The van der Waals surface area contributed by atoms with E-state index in [9.17, 15) is 9.59 Å². The number of Topliss-reactive ketones (excluding diaryl/α,β-unsaturated/α-hetero) is 1. The van der Waals surface area contributed by atoms with Gasteiger partial charge in [0, 0.05) is 19.0 Å². The lowest BCUT2D eigenvalue weighted by Gasteiger charge is -2.29. The number of likely N-dealkylation sites (tertiary alicyclic amines) is 1. The molecule has 1 amide bonds. The van der Waals surface area contributed by atoms with Gasteiger partial charge in [0.2, 0.25) is 0 Å². The summed E-state index contributed by atoms with van der Waals surface area (Å²) in [5.41, 5.74) is 0.637. The maximum Gasteiger partial charge on any atom is 0.257 e. The molecule has 0 aliphatic carbocycles. The van der Waals surface area contributed by atoms with Crippen LogP contribution in [0.2, 0.25) is 0 Å². The fourth-order valence-electron chi connectivity index (χ4n) is 2.99. The Morgan fingerprint density at radius 2 is 2.05 bits per heavy atom. The number of rotatable bonds is 3. The van der Waals surface area contributed by atoms with Crippen molar-refractivity contribution in [1.82, 2.24) is 4.90 Å². The third-order valence-electron chi connectivity index (χ3n) is 3.93. The predicted octanol–water partition coefficient (Wildman–Crippen LogP) is 3.26. The first-order chi connectivity index (χ1) is 9.49. The molecule has 0 saturated carbocycles. The summed E-state index contributed by atoms with van der Waals surface area (Å²) in [6.07, 6.45) is 4.60. The molecule has 2 rings (SSSR count). The van der Waals surface area contributed by atoms with Gasteiger partial charge in [0.1, 0.15) is 17.3 Å². The van der Waals surface area contributed by atoms with E-state index in [0.29, 0.717) is 17.7 Å². The topological polar surface area (TPSA) is 50.5 Å². The first-order valence-corrected chi connectivity index (χ1v) is 7.36. The number of carbonyl (C=O) groups is 2. The maximum absolute atomic E-state index is 12.7. The van der Waals surface area contributed by atoms with Crippen LogP contribution in [0.3, 0.4) is 0 Å². The van der Waals surface area contributed by atoms with E-state index in [1.165, 1.54) is 0 Å². The van der Waals surface area contributed by atoms with Crippen molar-refractivity contribution in [1.29, 1.82) is 0 Å². The van der Waals surface area contributed by atoms with Crippen LogP contribution in [0.4, 0.5) is 0 Å². The molecule has 2 heterocycles. The van der Waals surface area contributed by atoms with Crippen molar-refractivity contribution in [3.63, 3.8) is 0 Å². The summed E-state index contributed by atoms with van der Waals surface area (Å²) in [6, 6.07) is 1.84. The van der Waals surface area contributed by atoms with Gasteiger partial charge in [0.05, 0.1) is 5.56 Å². The average molecular weight is 277 g/mol. The Balaban J connectivity index is 2.23. The summed E-state index contributed by atoms with van der Waals surface area (Å²) >= 11 is 0. The monoisotopic (exact) mass is 277 g/mol. The number of hydrogen-bond donors (Lipinski definition) is 0. The molecule has 0 aromatic carbocycles. The molecule has 0 bridgehead atoms. The van der Waals surface area contributed by atoms with Gasteiger partial charge in [-0.3, -0.25) is 9.59 Å². The van der Waals surface area contributed by atoms with Crippen LogP contribution < -0.4 is 0 Å². The first kappa shape index (κ1) is 14.8. The zero-order valence-corrected chi connectivity index (χ0v) is 12.6. The molecule has 20 heavy (non-hydrogen) atoms. The van der Waals surface area contributed by atoms with Crippen molar-refractivity contribution in [2.75, 3.05) is 6.54 Å².